The zero-order valence-corrected chi connectivity index (χ0v) is 19.3. The van der Waals surface area contributed by atoms with Crippen LogP contribution in [0.1, 0.15) is 34.5 Å². The van der Waals surface area contributed by atoms with E-state index in [-0.39, 0.29) is 17.9 Å². The van der Waals surface area contributed by atoms with E-state index >= 15 is 0 Å². The number of aromatic nitrogens is 1. The highest BCUT2D eigenvalue weighted by Crippen LogP contribution is 2.34. The number of nitrogens with one attached hydrogen (secondary N) is 1. The zero-order chi connectivity index (χ0) is 23.4. The molecule has 2 amide bonds. The van der Waals surface area contributed by atoms with Gasteiger partial charge in [-0.1, -0.05) is 54.6 Å². The summed E-state index contributed by atoms with van der Waals surface area (Å²) >= 11 is 0. The van der Waals surface area contributed by atoms with E-state index in [1.165, 1.54) is 0 Å². The van der Waals surface area contributed by atoms with E-state index in [2.05, 4.69) is 22.4 Å². The summed E-state index contributed by atoms with van der Waals surface area (Å²) in [6, 6.07) is 25.2. The number of likely N-dealkylation sites (tertiary alicyclic amines) is 1. The minimum absolute atomic E-state index is 0.0562. The lowest BCUT2D eigenvalue weighted by atomic mass is 9.95. The summed E-state index contributed by atoms with van der Waals surface area (Å²) in [5.41, 5.74) is 2.40. The first-order chi connectivity index (χ1) is 16.6. The van der Waals surface area contributed by atoms with Crippen molar-refractivity contribution < 1.29 is 9.59 Å². The van der Waals surface area contributed by atoms with Gasteiger partial charge in [0.2, 0.25) is 5.91 Å². The Kier molecular flexibility index (Phi) is 6.41. The Morgan fingerprint density at radius 2 is 1.62 bits per heavy atom. The average molecular weight is 455 g/mol. The highest BCUT2D eigenvalue weighted by molar-refractivity contribution is 5.94. The summed E-state index contributed by atoms with van der Waals surface area (Å²) in [7, 11) is 0. The smallest absolute Gasteiger partial charge is 0.253 e. The van der Waals surface area contributed by atoms with Crippen molar-refractivity contribution in [1.82, 2.24) is 20.1 Å². The Morgan fingerprint density at radius 3 is 2.29 bits per heavy atom. The third-order valence-electron chi connectivity index (χ3n) is 7.02. The van der Waals surface area contributed by atoms with Gasteiger partial charge in [0, 0.05) is 56.4 Å². The van der Waals surface area contributed by atoms with Crippen molar-refractivity contribution >= 4 is 11.8 Å². The molecule has 6 heteroatoms. The van der Waals surface area contributed by atoms with Crippen molar-refractivity contribution in [2.45, 2.75) is 37.4 Å². The molecule has 2 fully saturated rings. The molecule has 2 aliphatic rings. The molecule has 2 aromatic carbocycles. The molecule has 2 saturated heterocycles. The molecule has 0 saturated carbocycles. The fourth-order valence-electron chi connectivity index (χ4n) is 5.21. The first-order valence-corrected chi connectivity index (χ1v) is 12.0. The number of pyridine rings is 1. The van der Waals surface area contributed by atoms with Gasteiger partial charge in [0.15, 0.2) is 0 Å². The number of hydrogen-bond acceptors (Lipinski definition) is 4. The second kappa shape index (κ2) is 9.77. The quantitative estimate of drug-likeness (QED) is 0.621. The molecule has 0 bridgehead atoms. The normalized spacial score (nSPS) is 19.5. The van der Waals surface area contributed by atoms with Crippen LogP contribution in [-0.4, -0.2) is 57.9 Å². The highest BCUT2D eigenvalue weighted by atomic mass is 16.2. The third kappa shape index (κ3) is 4.59. The van der Waals surface area contributed by atoms with Crippen molar-refractivity contribution in [3.63, 3.8) is 0 Å². The zero-order valence-electron chi connectivity index (χ0n) is 19.3. The number of hydrogen-bond donors (Lipinski definition) is 1. The van der Waals surface area contributed by atoms with Gasteiger partial charge in [-0.05, 0) is 36.2 Å². The van der Waals surface area contributed by atoms with E-state index in [4.69, 9.17) is 0 Å². The maximum absolute atomic E-state index is 13.6. The van der Waals surface area contributed by atoms with Gasteiger partial charge in [0.25, 0.3) is 5.91 Å². The van der Waals surface area contributed by atoms with Crippen molar-refractivity contribution in [1.29, 1.82) is 0 Å². The van der Waals surface area contributed by atoms with Crippen LogP contribution in [0.25, 0.3) is 0 Å². The lowest BCUT2D eigenvalue weighted by molar-refractivity contribution is -0.133. The van der Waals surface area contributed by atoms with Crippen LogP contribution < -0.4 is 5.32 Å². The minimum Gasteiger partial charge on any atom is -0.338 e. The molecule has 2 aliphatic heterocycles. The summed E-state index contributed by atoms with van der Waals surface area (Å²) < 4.78 is 0. The number of benzene rings is 2. The average Bonchev–Trinajstić information content (AvgIpc) is 3.14. The first kappa shape index (κ1) is 22.3. The van der Waals surface area contributed by atoms with E-state index in [9.17, 15) is 9.59 Å². The van der Waals surface area contributed by atoms with Crippen LogP contribution in [0.2, 0.25) is 0 Å². The van der Waals surface area contributed by atoms with Gasteiger partial charge in [-0.2, -0.15) is 0 Å². The molecule has 5 rings (SSSR count). The summed E-state index contributed by atoms with van der Waals surface area (Å²) in [5, 5.41) is 3.71. The summed E-state index contributed by atoms with van der Waals surface area (Å²) in [5.74, 6) is 0.197. The van der Waals surface area contributed by atoms with Gasteiger partial charge in [-0.3, -0.25) is 19.9 Å². The van der Waals surface area contributed by atoms with Gasteiger partial charge in [0.1, 0.15) is 0 Å². The number of amides is 2. The fourth-order valence-corrected chi connectivity index (χ4v) is 5.21. The number of piperidine rings is 1. The summed E-state index contributed by atoms with van der Waals surface area (Å²) in [4.78, 5) is 35.0. The van der Waals surface area contributed by atoms with Crippen LogP contribution in [0.15, 0.2) is 85.1 Å². The fraction of sp³-hybridized carbons (Fsp3) is 0.321. The Balaban J connectivity index is 1.33. The Hall–Kier alpha value is -3.51. The second-order valence-corrected chi connectivity index (χ2v) is 9.14. The Morgan fingerprint density at radius 1 is 0.941 bits per heavy atom. The molecular weight excluding hydrogens is 424 g/mol. The molecule has 1 atom stereocenters. The van der Waals surface area contributed by atoms with E-state index in [1.54, 1.807) is 6.20 Å². The molecule has 6 nitrogen and oxygen atoms in total. The SMILES string of the molecule is O=C(c1ccccc1)N1CCC2(CC1)NC(Cc1ccccc1)C(=O)N2CCc1ccccn1. The van der Waals surface area contributed by atoms with E-state index in [0.717, 1.165) is 11.3 Å². The maximum Gasteiger partial charge on any atom is 0.253 e. The number of nitrogens with zero attached hydrogens (tertiary/aromatic N) is 3. The van der Waals surface area contributed by atoms with E-state index in [0.29, 0.717) is 50.9 Å². The first-order valence-electron chi connectivity index (χ1n) is 12.0. The van der Waals surface area contributed by atoms with Crippen LogP contribution in [0.5, 0.6) is 0 Å². The van der Waals surface area contributed by atoms with E-state index < -0.39 is 5.66 Å². The lowest BCUT2D eigenvalue weighted by Gasteiger charge is -2.44. The molecule has 1 spiro atoms. The molecule has 3 heterocycles. The number of carbonyl (C=O) groups is 2. The van der Waals surface area contributed by atoms with Crippen LogP contribution in [-0.2, 0) is 17.6 Å². The predicted octanol–water partition coefficient (Wildman–Crippen LogP) is 3.30. The number of carbonyl (C=O) groups excluding carboxylic acids is 2. The topological polar surface area (TPSA) is 65.5 Å². The molecule has 0 aliphatic carbocycles. The van der Waals surface area contributed by atoms with Gasteiger partial charge in [-0.15, -0.1) is 0 Å². The number of rotatable bonds is 6. The predicted molar refractivity (Wildman–Crippen MR) is 131 cm³/mol. The molecule has 1 N–H and O–H groups in total. The molecule has 1 unspecified atom stereocenters. The van der Waals surface area contributed by atoms with Crippen LogP contribution in [0.3, 0.4) is 0 Å². The highest BCUT2D eigenvalue weighted by Gasteiger charge is 2.51. The lowest BCUT2D eigenvalue weighted by Crippen LogP contribution is -2.60. The van der Waals surface area contributed by atoms with Crippen LogP contribution in [0.4, 0.5) is 0 Å². The standard InChI is InChI=1S/C28H30N4O2/c33-26(23-11-5-2-6-12-23)31-19-15-28(16-20-31)30-25(21-22-9-3-1-4-10-22)27(34)32(28)18-14-24-13-7-8-17-29-24/h1-13,17,25,30H,14-16,18-21H2. The molecular formula is C28H30N4O2. The van der Waals surface area contributed by atoms with E-state index in [1.807, 2.05) is 76.5 Å². The van der Waals surface area contributed by atoms with Gasteiger partial charge >= 0.3 is 0 Å². The van der Waals surface area contributed by atoms with Crippen molar-refractivity contribution in [2.24, 2.45) is 0 Å². The Bertz CT molecular complexity index is 1110. The van der Waals surface area contributed by atoms with Crippen LogP contribution in [0, 0.1) is 0 Å². The summed E-state index contributed by atoms with van der Waals surface area (Å²) in [6.45, 7) is 1.85. The molecule has 1 aromatic heterocycles. The molecule has 0 radical (unpaired) electrons. The van der Waals surface area contributed by atoms with Gasteiger partial charge < -0.3 is 9.80 Å². The van der Waals surface area contributed by atoms with Crippen molar-refractivity contribution in [3.8, 4) is 0 Å². The largest absolute Gasteiger partial charge is 0.338 e. The van der Waals surface area contributed by atoms with Gasteiger partial charge in [0.05, 0.1) is 11.7 Å². The van der Waals surface area contributed by atoms with Crippen LogP contribution >= 0.6 is 0 Å². The minimum atomic E-state index is -0.432. The molecule has 3 aromatic rings. The monoisotopic (exact) mass is 454 g/mol. The van der Waals surface area contributed by atoms with Gasteiger partial charge in [-0.25, -0.2) is 0 Å². The maximum atomic E-state index is 13.6. The second-order valence-electron chi connectivity index (χ2n) is 9.14. The summed E-state index contributed by atoms with van der Waals surface area (Å²) in [6.07, 6.45) is 4.59. The third-order valence-corrected chi connectivity index (χ3v) is 7.02. The molecule has 174 valence electrons. The van der Waals surface area contributed by atoms with Crippen molar-refractivity contribution in [2.75, 3.05) is 19.6 Å². The molecule has 34 heavy (non-hydrogen) atoms. The van der Waals surface area contributed by atoms with Crippen molar-refractivity contribution in [3.05, 3.63) is 102 Å². The Labute approximate surface area is 200 Å².